The Balaban J connectivity index is 2.24. The summed E-state index contributed by atoms with van der Waals surface area (Å²) >= 11 is 9.38. The molecule has 0 aliphatic heterocycles. The van der Waals surface area contributed by atoms with Gasteiger partial charge in [-0.25, -0.2) is 0 Å². The highest BCUT2D eigenvalue weighted by atomic mass is 79.9. The lowest BCUT2D eigenvalue weighted by atomic mass is 10.2. The van der Waals surface area contributed by atoms with Gasteiger partial charge in [0.15, 0.2) is 0 Å². The SMILES string of the molecule is Cc1cc(C(=O)Nc2cc(Cl)c(C)cc2Br)on1. The molecule has 0 saturated heterocycles. The van der Waals surface area contributed by atoms with E-state index in [-0.39, 0.29) is 11.7 Å². The van der Waals surface area contributed by atoms with Crippen molar-refractivity contribution in [1.29, 1.82) is 0 Å². The monoisotopic (exact) mass is 328 g/mol. The van der Waals surface area contributed by atoms with Crippen molar-refractivity contribution in [2.24, 2.45) is 0 Å². The van der Waals surface area contributed by atoms with Gasteiger partial charge in [0.05, 0.1) is 11.4 Å². The number of benzene rings is 1. The number of anilines is 1. The first-order valence-corrected chi connectivity index (χ1v) is 6.35. The van der Waals surface area contributed by atoms with E-state index in [0.717, 1.165) is 10.0 Å². The van der Waals surface area contributed by atoms with Crippen molar-refractivity contribution in [2.75, 3.05) is 5.32 Å². The molecule has 0 aliphatic carbocycles. The third kappa shape index (κ3) is 2.73. The summed E-state index contributed by atoms with van der Waals surface area (Å²) in [6, 6.07) is 5.09. The Morgan fingerprint density at radius 1 is 1.39 bits per heavy atom. The number of hydrogen-bond donors (Lipinski definition) is 1. The van der Waals surface area contributed by atoms with Crippen molar-refractivity contribution in [3.05, 3.63) is 44.7 Å². The summed E-state index contributed by atoms with van der Waals surface area (Å²) < 4.78 is 5.64. The third-order valence-electron chi connectivity index (χ3n) is 2.35. The van der Waals surface area contributed by atoms with Crippen LogP contribution in [-0.4, -0.2) is 11.1 Å². The number of amides is 1. The van der Waals surface area contributed by atoms with E-state index in [0.29, 0.717) is 16.4 Å². The predicted octanol–water partition coefficient (Wildman–Crippen LogP) is 3.96. The highest BCUT2D eigenvalue weighted by Gasteiger charge is 2.14. The molecule has 94 valence electrons. The molecule has 2 aromatic rings. The molecule has 0 aliphatic rings. The second-order valence-electron chi connectivity index (χ2n) is 3.87. The molecule has 0 spiro atoms. The van der Waals surface area contributed by atoms with Crippen LogP contribution in [0.3, 0.4) is 0 Å². The molecule has 2 rings (SSSR count). The van der Waals surface area contributed by atoms with Gasteiger partial charge in [-0.15, -0.1) is 0 Å². The summed E-state index contributed by atoms with van der Waals surface area (Å²) in [5.74, 6) is -0.202. The zero-order valence-corrected chi connectivity index (χ0v) is 12.1. The summed E-state index contributed by atoms with van der Waals surface area (Å²) in [6.45, 7) is 3.64. The molecule has 6 heteroatoms. The molecule has 0 saturated carbocycles. The summed E-state index contributed by atoms with van der Waals surface area (Å²) in [6.07, 6.45) is 0. The van der Waals surface area contributed by atoms with E-state index in [1.165, 1.54) is 0 Å². The molecule has 0 radical (unpaired) electrons. The summed E-state index contributed by atoms with van der Waals surface area (Å²) in [7, 11) is 0. The minimum atomic E-state index is -0.365. The number of aryl methyl sites for hydroxylation is 2. The van der Waals surface area contributed by atoms with Crippen LogP contribution in [0.25, 0.3) is 0 Å². The number of halogens is 2. The van der Waals surface area contributed by atoms with Crippen LogP contribution in [0, 0.1) is 13.8 Å². The summed E-state index contributed by atoms with van der Waals surface area (Å²) in [5.41, 5.74) is 2.17. The molecule has 1 aromatic heterocycles. The van der Waals surface area contributed by atoms with Crippen molar-refractivity contribution < 1.29 is 9.32 Å². The highest BCUT2D eigenvalue weighted by Crippen LogP contribution is 2.29. The smallest absolute Gasteiger partial charge is 0.294 e. The Labute approximate surface area is 117 Å². The van der Waals surface area contributed by atoms with Gasteiger partial charge in [0, 0.05) is 15.6 Å². The van der Waals surface area contributed by atoms with Crippen LogP contribution in [0.15, 0.2) is 27.2 Å². The van der Waals surface area contributed by atoms with E-state index in [4.69, 9.17) is 16.1 Å². The fourth-order valence-corrected chi connectivity index (χ4v) is 2.12. The summed E-state index contributed by atoms with van der Waals surface area (Å²) in [5, 5.41) is 6.95. The van der Waals surface area contributed by atoms with Crippen LogP contribution in [0.2, 0.25) is 5.02 Å². The first-order valence-electron chi connectivity index (χ1n) is 5.17. The minimum absolute atomic E-state index is 0.163. The Morgan fingerprint density at radius 3 is 2.72 bits per heavy atom. The highest BCUT2D eigenvalue weighted by molar-refractivity contribution is 9.10. The second-order valence-corrected chi connectivity index (χ2v) is 5.13. The van der Waals surface area contributed by atoms with E-state index >= 15 is 0 Å². The van der Waals surface area contributed by atoms with Crippen LogP contribution in [0.5, 0.6) is 0 Å². The number of nitrogens with one attached hydrogen (secondary N) is 1. The Kier molecular flexibility index (Phi) is 3.73. The van der Waals surface area contributed by atoms with E-state index in [9.17, 15) is 4.79 Å². The van der Waals surface area contributed by atoms with Crippen molar-refractivity contribution in [3.8, 4) is 0 Å². The van der Waals surface area contributed by atoms with Gasteiger partial charge >= 0.3 is 0 Å². The zero-order chi connectivity index (χ0) is 13.3. The van der Waals surface area contributed by atoms with Crippen LogP contribution < -0.4 is 5.32 Å². The van der Waals surface area contributed by atoms with Gasteiger partial charge in [0.25, 0.3) is 5.91 Å². The van der Waals surface area contributed by atoms with Gasteiger partial charge in [-0.2, -0.15) is 0 Å². The largest absolute Gasteiger partial charge is 0.351 e. The standard InChI is InChI=1S/C12H10BrClN2O2/c1-6-3-8(13)10(5-9(6)14)15-12(17)11-4-7(2)16-18-11/h3-5H,1-2H3,(H,15,17). The summed E-state index contributed by atoms with van der Waals surface area (Å²) in [4.78, 5) is 11.9. The van der Waals surface area contributed by atoms with E-state index in [1.807, 2.05) is 13.0 Å². The van der Waals surface area contributed by atoms with Crippen molar-refractivity contribution in [1.82, 2.24) is 5.16 Å². The Bertz CT molecular complexity index is 610. The lowest BCUT2D eigenvalue weighted by Crippen LogP contribution is -2.11. The van der Waals surface area contributed by atoms with E-state index < -0.39 is 0 Å². The van der Waals surface area contributed by atoms with Crippen LogP contribution in [-0.2, 0) is 0 Å². The average molecular weight is 330 g/mol. The molecule has 4 nitrogen and oxygen atoms in total. The average Bonchev–Trinajstić information content (AvgIpc) is 2.73. The van der Waals surface area contributed by atoms with Crippen molar-refractivity contribution >= 4 is 39.1 Å². The number of nitrogens with zero attached hydrogens (tertiary/aromatic N) is 1. The van der Waals surface area contributed by atoms with Crippen LogP contribution >= 0.6 is 27.5 Å². The molecule has 1 heterocycles. The quantitative estimate of drug-likeness (QED) is 0.907. The molecule has 0 fully saturated rings. The first-order chi connectivity index (χ1) is 8.47. The fourth-order valence-electron chi connectivity index (χ4n) is 1.40. The molecular formula is C12H10BrClN2O2. The maximum absolute atomic E-state index is 11.9. The molecular weight excluding hydrogens is 320 g/mol. The predicted molar refractivity (Wildman–Crippen MR) is 73.1 cm³/mol. The second kappa shape index (κ2) is 5.12. The lowest BCUT2D eigenvalue weighted by molar-refractivity contribution is 0.0988. The van der Waals surface area contributed by atoms with Crippen LogP contribution in [0.1, 0.15) is 21.8 Å². The molecule has 0 bridgehead atoms. The topological polar surface area (TPSA) is 55.1 Å². The zero-order valence-electron chi connectivity index (χ0n) is 9.75. The number of carbonyl (C=O) groups is 1. The van der Waals surface area contributed by atoms with Crippen molar-refractivity contribution in [3.63, 3.8) is 0 Å². The fraction of sp³-hybridized carbons (Fsp3) is 0.167. The number of hydrogen-bond acceptors (Lipinski definition) is 3. The molecule has 1 N–H and O–H groups in total. The molecule has 1 aromatic carbocycles. The van der Waals surface area contributed by atoms with Crippen molar-refractivity contribution in [2.45, 2.75) is 13.8 Å². The maximum Gasteiger partial charge on any atom is 0.294 e. The van der Waals surface area contributed by atoms with E-state index in [1.54, 1.807) is 19.1 Å². The number of carbonyl (C=O) groups excluding carboxylic acids is 1. The third-order valence-corrected chi connectivity index (χ3v) is 3.41. The normalized spacial score (nSPS) is 10.4. The van der Waals surface area contributed by atoms with Gasteiger partial charge in [-0.1, -0.05) is 16.8 Å². The first kappa shape index (κ1) is 13.1. The van der Waals surface area contributed by atoms with E-state index in [2.05, 4.69) is 26.4 Å². The Hall–Kier alpha value is -1.33. The Morgan fingerprint density at radius 2 is 2.11 bits per heavy atom. The molecule has 0 atom stereocenters. The molecule has 18 heavy (non-hydrogen) atoms. The van der Waals surface area contributed by atoms with Gasteiger partial charge in [-0.3, -0.25) is 4.79 Å². The van der Waals surface area contributed by atoms with Gasteiger partial charge in [0.2, 0.25) is 5.76 Å². The number of aromatic nitrogens is 1. The van der Waals surface area contributed by atoms with Gasteiger partial charge in [-0.05, 0) is 47.5 Å². The number of rotatable bonds is 2. The maximum atomic E-state index is 11.9. The van der Waals surface area contributed by atoms with Gasteiger partial charge < -0.3 is 9.84 Å². The lowest BCUT2D eigenvalue weighted by Gasteiger charge is -2.08. The minimum Gasteiger partial charge on any atom is -0.351 e. The van der Waals surface area contributed by atoms with Gasteiger partial charge in [0.1, 0.15) is 0 Å². The van der Waals surface area contributed by atoms with Crippen LogP contribution in [0.4, 0.5) is 5.69 Å². The molecule has 1 amide bonds. The molecule has 0 unspecified atom stereocenters.